The Labute approximate surface area is 94.8 Å². The zero-order valence-corrected chi connectivity index (χ0v) is 9.46. The van der Waals surface area contributed by atoms with Crippen LogP contribution in [0.2, 0.25) is 0 Å². The van der Waals surface area contributed by atoms with Crippen LogP contribution in [0.5, 0.6) is 0 Å². The van der Waals surface area contributed by atoms with Gasteiger partial charge < -0.3 is 20.3 Å². The first-order valence-electron chi connectivity index (χ1n) is 5.35. The zero-order chi connectivity index (χ0) is 11.8. The molecule has 3 N–H and O–H groups in total. The van der Waals surface area contributed by atoms with Gasteiger partial charge in [-0.1, -0.05) is 0 Å². The van der Waals surface area contributed by atoms with Gasteiger partial charge in [-0.2, -0.15) is 5.10 Å². The van der Waals surface area contributed by atoms with Crippen molar-refractivity contribution in [2.75, 3.05) is 31.7 Å². The van der Waals surface area contributed by atoms with E-state index in [1.807, 2.05) is 6.20 Å². The number of aliphatic hydroxyl groups excluding tert-OH is 2. The molecule has 6 nitrogen and oxygen atoms in total. The lowest BCUT2D eigenvalue weighted by atomic mass is 10.4. The number of rotatable bonds is 8. The zero-order valence-electron chi connectivity index (χ0n) is 9.46. The van der Waals surface area contributed by atoms with Gasteiger partial charge >= 0.3 is 0 Å². The summed E-state index contributed by atoms with van der Waals surface area (Å²) < 4.78 is 6.87. The standard InChI is InChI=1S/C10H19N3O3/c1-9(15)6-11-10-7-12-13(8-10)2-4-16-5-3-14/h7-9,11,14-15H,2-6H2,1H3/t9-/m1/s1. The van der Waals surface area contributed by atoms with Gasteiger partial charge in [-0.25, -0.2) is 0 Å². The number of hydrogen-bond acceptors (Lipinski definition) is 5. The Hall–Kier alpha value is -1.11. The van der Waals surface area contributed by atoms with Crippen LogP contribution in [-0.4, -0.2) is 52.5 Å². The van der Waals surface area contributed by atoms with Crippen LogP contribution in [-0.2, 0) is 11.3 Å². The second-order valence-corrected chi connectivity index (χ2v) is 3.56. The number of hydrogen-bond donors (Lipinski definition) is 3. The molecule has 0 aliphatic carbocycles. The normalized spacial score (nSPS) is 12.7. The molecule has 1 heterocycles. The summed E-state index contributed by atoms with van der Waals surface area (Å²) in [6.07, 6.45) is 3.18. The molecule has 1 aromatic heterocycles. The smallest absolute Gasteiger partial charge is 0.0727 e. The first kappa shape index (κ1) is 13.0. The minimum absolute atomic E-state index is 0.0420. The first-order valence-corrected chi connectivity index (χ1v) is 5.35. The van der Waals surface area contributed by atoms with Gasteiger partial charge in [0.25, 0.3) is 0 Å². The van der Waals surface area contributed by atoms with Crippen molar-refractivity contribution >= 4 is 5.69 Å². The predicted molar refractivity (Wildman–Crippen MR) is 60.3 cm³/mol. The van der Waals surface area contributed by atoms with Gasteiger partial charge in [0.05, 0.1) is 44.4 Å². The first-order chi connectivity index (χ1) is 7.72. The number of ether oxygens (including phenoxy) is 1. The van der Waals surface area contributed by atoms with E-state index in [2.05, 4.69) is 10.4 Å². The predicted octanol–water partition coefficient (Wildman–Crippen LogP) is -0.315. The Kier molecular flexibility index (Phi) is 5.84. The topological polar surface area (TPSA) is 79.5 Å². The molecule has 0 fully saturated rings. The van der Waals surface area contributed by atoms with Gasteiger partial charge in [0, 0.05) is 12.7 Å². The Morgan fingerprint density at radius 3 is 3.06 bits per heavy atom. The molecule has 0 radical (unpaired) electrons. The average molecular weight is 229 g/mol. The van der Waals surface area contributed by atoms with Crippen molar-refractivity contribution in [1.29, 1.82) is 0 Å². The minimum Gasteiger partial charge on any atom is -0.394 e. The molecule has 6 heteroatoms. The van der Waals surface area contributed by atoms with E-state index >= 15 is 0 Å². The fraction of sp³-hybridized carbons (Fsp3) is 0.700. The summed E-state index contributed by atoms with van der Waals surface area (Å²) in [5.41, 5.74) is 0.878. The quantitative estimate of drug-likeness (QED) is 0.533. The lowest BCUT2D eigenvalue weighted by Crippen LogP contribution is -2.14. The van der Waals surface area contributed by atoms with Gasteiger partial charge in [-0.3, -0.25) is 4.68 Å². The molecular formula is C10H19N3O3. The molecule has 92 valence electrons. The summed E-state index contributed by atoms with van der Waals surface area (Å²) in [7, 11) is 0. The lowest BCUT2D eigenvalue weighted by Gasteiger charge is -2.05. The number of nitrogens with one attached hydrogen (secondary N) is 1. The molecular weight excluding hydrogens is 210 g/mol. The second kappa shape index (κ2) is 7.21. The molecule has 0 bridgehead atoms. The minimum atomic E-state index is -0.378. The third kappa shape index (κ3) is 5.11. The monoisotopic (exact) mass is 229 g/mol. The van der Waals surface area contributed by atoms with Gasteiger partial charge in [0.1, 0.15) is 0 Å². The van der Waals surface area contributed by atoms with Crippen molar-refractivity contribution in [3.05, 3.63) is 12.4 Å². The molecule has 0 unspecified atom stereocenters. The van der Waals surface area contributed by atoms with Crippen LogP contribution in [0.15, 0.2) is 12.4 Å². The van der Waals surface area contributed by atoms with E-state index in [0.29, 0.717) is 26.3 Å². The summed E-state index contributed by atoms with van der Waals surface area (Å²) in [5, 5.41) is 24.8. The van der Waals surface area contributed by atoms with Gasteiger partial charge in [0.15, 0.2) is 0 Å². The summed E-state index contributed by atoms with van der Waals surface area (Å²) in [5.74, 6) is 0. The van der Waals surface area contributed by atoms with Crippen molar-refractivity contribution in [2.45, 2.75) is 19.6 Å². The van der Waals surface area contributed by atoms with Crippen LogP contribution in [0.25, 0.3) is 0 Å². The second-order valence-electron chi connectivity index (χ2n) is 3.56. The van der Waals surface area contributed by atoms with E-state index in [0.717, 1.165) is 5.69 Å². The fourth-order valence-corrected chi connectivity index (χ4v) is 1.17. The van der Waals surface area contributed by atoms with Crippen molar-refractivity contribution in [3.63, 3.8) is 0 Å². The highest BCUT2D eigenvalue weighted by atomic mass is 16.5. The Balaban J connectivity index is 2.22. The molecule has 0 saturated carbocycles. The van der Waals surface area contributed by atoms with Crippen LogP contribution >= 0.6 is 0 Å². The molecule has 0 amide bonds. The highest BCUT2D eigenvalue weighted by Gasteiger charge is 1.99. The highest BCUT2D eigenvalue weighted by molar-refractivity contribution is 5.38. The molecule has 0 aliphatic heterocycles. The van der Waals surface area contributed by atoms with E-state index in [1.54, 1.807) is 17.8 Å². The number of aliphatic hydroxyl groups is 2. The van der Waals surface area contributed by atoms with E-state index in [1.165, 1.54) is 0 Å². The Morgan fingerprint density at radius 2 is 2.38 bits per heavy atom. The SMILES string of the molecule is C[C@@H](O)CNc1cnn(CCOCCO)c1. The Bertz CT molecular complexity index is 289. The molecule has 0 aliphatic rings. The van der Waals surface area contributed by atoms with E-state index in [4.69, 9.17) is 14.9 Å². The number of nitrogens with zero attached hydrogens (tertiary/aromatic N) is 2. The Morgan fingerprint density at radius 1 is 1.56 bits per heavy atom. The maximum absolute atomic E-state index is 9.09. The van der Waals surface area contributed by atoms with Crippen LogP contribution in [0, 0.1) is 0 Å². The third-order valence-corrected chi connectivity index (χ3v) is 1.94. The van der Waals surface area contributed by atoms with Crippen molar-refractivity contribution in [3.8, 4) is 0 Å². The number of aromatic nitrogens is 2. The molecule has 1 rings (SSSR count). The van der Waals surface area contributed by atoms with Gasteiger partial charge in [0.2, 0.25) is 0 Å². The molecule has 1 atom stereocenters. The summed E-state index contributed by atoms with van der Waals surface area (Å²) >= 11 is 0. The third-order valence-electron chi connectivity index (χ3n) is 1.94. The summed E-state index contributed by atoms with van der Waals surface area (Å²) in [4.78, 5) is 0. The van der Waals surface area contributed by atoms with E-state index in [9.17, 15) is 0 Å². The maximum atomic E-state index is 9.09. The molecule has 0 spiro atoms. The molecule has 0 aromatic carbocycles. The van der Waals surface area contributed by atoms with Crippen molar-refractivity contribution in [1.82, 2.24) is 9.78 Å². The molecule has 16 heavy (non-hydrogen) atoms. The summed E-state index contributed by atoms with van der Waals surface area (Å²) in [6, 6.07) is 0. The van der Waals surface area contributed by atoms with Crippen LogP contribution in [0.4, 0.5) is 5.69 Å². The lowest BCUT2D eigenvalue weighted by molar-refractivity contribution is 0.0854. The van der Waals surface area contributed by atoms with Crippen LogP contribution < -0.4 is 5.32 Å². The van der Waals surface area contributed by atoms with Crippen LogP contribution in [0.1, 0.15) is 6.92 Å². The van der Waals surface area contributed by atoms with E-state index in [-0.39, 0.29) is 12.7 Å². The van der Waals surface area contributed by atoms with Gasteiger partial charge in [-0.05, 0) is 6.92 Å². The molecule has 0 saturated heterocycles. The van der Waals surface area contributed by atoms with E-state index < -0.39 is 0 Å². The molecule has 1 aromatic rings. The largest absolute Gasteiger partial charge is 0.394 e. The maximum Gasteiger partial charge on any atom is 0.0727 e. The highest BCUT2D eigenvalue weighted by Crippen LogP contribution is 2.04. The summed E-state index contributed by atoms with van der Waals surface area (Å²) in [6.45, 7) is 3.80. The van der Waals surface area contributed by atoms with Crippen molar-refractivity contribution < 1.29 is 14.9 Å². The average Bonchev–Trinajstić information content (AvgIpc) is 2.70. The van der Waals surface area contributed by atoms with Gasteiger partial charge in [-0.15, -0.1) is 0 Å². The fourth-order valence-electron chi connectivity index (χ4n) is 1.17. The van der Waals surface area contributed by atoms with Crippen LogP contribution in [0.3, 0.4) is 0 Å². The number of anilines is 1. The van der Waals surface area contributed by atoms with Crippen molar-refractivity contribution in [2.24, 2.45) is 0 Å².